The van der Waals surface area contributed by atoms with Crippen LogP contribution in [0.5, 0.6) is 0 Å². The van der Waals surface area contributed by atoms with E-state index in [0.29, 0.717) is 19.3 Å². The van der Waals surface area contributed by atoms with Crippen LogP contribution in [0.15, 0.2) is 85.1 Å². The van der Waals surface area contributed by atoms with E-state index in [9.17, 15) is 35.1 Å². The molecule has 0 aromatic rings. The van der Waals surface area contributed by atoms with Crippen molar-refractivity contribution >= 4 is 11.9 Å². The molecule has 11 heteroatoms. The quantitative estimate of drug-likeness (QED) is 0.0195. The number of ether oxygens (including phenoxy) is 3. The van der Waals surface area contributed by atoms with Crippen LogP contribution in [0.4, 0.5) is 0 Å². The maximum atomic E-state index is 13.4. The van der Waals surface area contributed by atoms with Gasteiger partial charge in [0.2, 0.25) is 5.91 Å². The van der Waals surface area contributed by atoms with Gasteiger partial charge < -0.3 is 45.1 Å². The molecular formula is C64H111NO10. The van der Waals surface area contributed by atoms with Crippen molar-refractivity contribution in [2.75, 3.05) is 13.2 Å². The molecule has 1 fully saturated rings. The summed E-state index contributed by atoms with van der Waals surface area (Å²) in [6.45, 7) is 5.64. The Labute approximate surface area is 457 Å². The zero-order chi connectivity index (χ0) is 54.7. The lowest BCUT2D eigenvalue weighted by molar-refractivity contribution is -0.305. The number of rotatable bonds is 50. The third-order valence-electron chi connectivity index (χ3n) is 13.8. The minimum atomic E-state index is -1.62. The van der Waals surface area contributed by atoms with Crippen molar-refractivity contribution in [3.8, 4) is 0 Å². The van der Waals surface area contributed by atoms with Crippen molar-refractivity contribution < 1.29 is 49.3 Å². The van der Waals surface area contributed by atoms with Gasteiger partial charge in [0.1, 0.15) is 24.4 Å². The number of carbonyl (C=O) groups is 2. The van der Waals surface area contributed by atoms with Crippen molar-refractivity contribution in [1.29, 1.82) is 0 Å². The summed E-state index contributed by atoms with van der Waals surface area (Å²) in [4.78, 5) is 26.5. The average Bonchev–Trinajstić information content (AvgIpc) is 3.41. The molecule has 0 aliphatic carbocycles. The normalized spacial score (nSPS) is 19.8. The van der Waals surface area contributed by atoms with Gasteiger partial charge in [0.15, 0.2) is 12.4 Å². The van der Waals surface area contributed by atoms with E-state index in [-0.39, 0.29) is 19.4 Å². The van der Waals surface area contributed by atoms with Crippen LogP contribution in [-0.2, 0) is 23.8 Å². The zero-order valence-electron chi connectivity index (χ0n) is 47.6. The molecule has 1 amide bonds. The summed E-state index contributed by atoms with van der Waals surface area (Å²) >= 11 is 0. The van der Waals surface area contributed by atoms with Gasteiger partial charge in [-0.25, -0.2) is 0 Å². The van der Waals surface area contributed by atoms with Crippen molar-refractivity contribution in [1.82, 2.24) is 5.32 Å². The van der Waals surface area contributed by atoms with Crippen LogP contribution in [0.3, 0.4) is 0 Å². The third kappa shape index (κ3) is 39.8. The van der Waals surface area contributed by atoms with E-state index in [2.05, 4.69) is 92.9 Å². The minimum absolute atomic E-state index is 0.118. The topological polar surface area (TPSA) is 175 Å². The predicted molar refractivity (Wildman–Crippen MR) is 310 cm³/mol. The zero-order valence-corrected chi connectivity index (χ0v) is 47.6. The Hall–Kier alpha value is -3.16. The molecular weight excluding hydrogens is 943 g/mol. The summed E-state index contributed by atoms with van der Waals surface area (Å²) in [5.41, 5.74) is 0. The second-order valence-corrected chi connectivity index (χ2v) is 20.7. The molecule has 0 aromatic heterocycles. The van der Waals surface area contributed by atoms with E-state index < -0.39 is 67.4 Å². The smallest absolute Gasteiger partial charge is 0.306 e. The summed E-state index contributed by atoms with van der Waals surface area (Å²) in [5.74, 6) is -1.24. The van der Waals surface area contributed by atoms with Crippen LogP contribution < -0.4 is 5.32 Å². The van der Waals surface area contributed by atoms with Gasteiger partial charge in [-0.15, -0.1) is 0 Å². The van der Waals surface area contributed by atoms with E-state index in [0.717, 1.165) is 83.5 Å². The molecule has 8 unspecified atom stereocenters. The van der Waals surface area contributed by atoms with Crippen LogP contribution in [0.1, 0.15) is 245 Å². The molecule has 1 rings (SSSR count). The number of esters is 1. The maximum absolute atomic E-state index is 13.4. The molecule has 0 bridgehead atoms. The largest absolute Gasteiger partial charge is 0.454 e. The van der Waals surface area contributed by atoms with Crippen molar-refractivity contribution in [2.45, 2.75) is 294 Å². The molecule has 6 N–H and O–H groups in total. The molecule has 432 valence electrons. The summed E-state index contributed by atoms with van der Waals surface area (Å²) in [5, 5.41) is 56.8. The van der Waals surface area contributed by atoms with Gasteiger partial charge in [-0.2, -0.15) is 0 Å². The Morgan fingerprint density at radius 1 is 0.533 bits per heavy atom. The molecule has 0 spiro atoms. The fourth-order valence-electron chi connectivity index (χ4n) is 9.01. The highest BCUT2D eigenvalue weighted by atomic mass is 16.7. The Morgan fingerprint density at radius 2 is 0.960 bits per heavy atom. The van der Waals surface area contributed by atoms with Crippen LogP contribution in [0, 0.1) is 0 Å². The highest BCUT2D eigenvalue weighted by Gasteiger charge is 2.47. The van der Waals surface area contributed by atoms with Crippen molar-refractivity contribution in [3.63, 3.8) is 0 Å². The molecule has 11 nitrogen and oxygen atoms in total. The van der Waals surface area contributed by atoms with E-state index in [1.165, 1.54) is 109 Å². The van der Waals surface area contributed by atoms with Gasteiger partial charge >= 0.3 is 5.97 Å². The molecule has 1 aliphatic heterocycles. The number of aliphatic hydroxyl groups excluding tert-OH is 5. The van der Waals surface area contributed by atoms with Gasteiger partial charge in [-0.3, -0.25) is 9.59 Å². The number of unbranched alkanes of at least 4 members (excludes halogenated alkanes) is 24. The molecule has 1 heterocycles. The molecule has 75 heavy (non-hydrogen) atoms. The monoisotopic (exact) mass is 1050 g/mol. The lowest BCUT2D eigenvalue weighted by Gasteiger charge is -2.41. The van der Waals surface area contributed by atoms with Crippen LogP contribution in [0.2, 0.25) is 0 Å². The minimum Gasteiger partial charge on any atom is -0.454 e. The van der Waals surface area contributed by atoms with E-state index >= 15 is 0 Å². The number of allylic oxidation sites excluding steroid dienone is 13. The van der Waals surface area contributed by atoms with E-state index in [1.807, 2.05) is 12.2 Å². The summed E-state index contributed by atoms with van der Waals surface area (Å²) < 4.78 is 17.6. The fraction of sp³-hybridized carbons (Fsp3) is 0.750. The number of carbonyl (C=O) groups excluding carboxylic acids is 2. The first kappa shape index (κ1) is 69.9. The summed E-state index contributed by atoms with van der Waals surface area (Å²) in [6.07, 6.45) is 56.3. The molecule has 0 radical (unpaired) electrons. The van der Waals surface area contributed by atoms with Crippen LogP contribution >= 0.6 is 0 Å². The van der Waals surface area contributed by atoms with Gasteiger partial charge in [-0.1, -0.05) is 247 Å². The first-order chi connectivity index (χ1) is 36.7. The third-order valence-corrected chi connectivity index (χ3v) is 13.8. The Bertz CT molecular complexity index is 1540. The summed E-state index contributed by atoms with van der Waals surface area (Å²) in [6, 6.07) is -1.05. The van der Waals surface area contributed by atoms with Gasteiger partial charge in [-0.05, 0) is 77.0 Å². The predicted octanol–water partition coefficient (Wildman–Crippen LogP) is 14.2. The molecule has 0 aromatic carbocycles. The van der Waals surface area contributed by atoms with Gasteiger partial charge in [0.25, 0.3) is 0 Å². The molecule has 8 atom stereocenters. The highest BCUT2D eigenvalue weighted by molar-refractivity contribution is 5.80. The Kier molecular flexibility index (Phi) is 48.0. The average molecular weight is 1050 g/mol. The first-order valence-electron chi connectivity index (χ1n) is 30.4. The van der Waals surface area contributed by atoms with Gasteiger partial charge in [0.05, 0.1) is 25.4 Å². The second-order valence-electron chi connectivity index (χ2n) is 20.7. The summed E-state index contributed by atoms with van der Waals surface area (Å²) in [7, 11) is 0. The fourth-order valence-corrected chi connectivity index (χ4v) is 9.01. The molecule has 0 saturated carbocycles. The number of aliphatic hydroxyl groups is 5. The van der Waals surface area contributed by atoms with Crippen molar-refractivity contribution in [2.24, 2.45) is 0 Å². The van der Waals surface area contributed by atoms with E-state index in [1.54, 1.807) is 6.08 Å². The Balaban J connectivity index is 2.72. The van der Waals surface area contributed by atoms with Gasteiger partial charge in [0, 0.05) is 6.42 Å². The lowest BCUT2D eigenvalue weighted by atomic mass is 9.99. The Morgan fingerprint density at radius 3 is 1.43 bits per heavy atom. The molecule has 1 aliphatic rings. The first-order valence-corrected chi connectivity index (χ1v) is 30.4. The number of hydrogen-bond acceptors (Lipinski definition) is 10. The number of hydrogen-bond donors (Lipinski definition) is 6. The van der Waals surface area contributed by atoms with Crippen molar-refractivity contribution in [3.05, 3.63) is 85.1 Å². The standard InChI is InChI=1S/C64H111NO10/c1-4-7-10-13-16-19-22-24-26-27-28-29-30-32-33-36-39-42-45-48-51-57(68)63(72)65-55(56(67)50-47-44-41-38-35-21-18-15-12-9-6-3)54-73-64-62(61(71)60(70)58(53-66)74-64)75-59(69)52-49-46-43-40-37-34-31-25-23-20-17-14-11-8-5-2/h7,10,16,19,24,26,28-29,32-33,39,42,47,50,55-58,60-62,64,66-68,70-71H,4-6,8-9,11-15,17-18,20-23,25,27,30-31,34-38,40-41,43-46,48-49,51-54H2,1-3H3,(H,65,72)/b10-7-,19-16-,26-24-,29-28-,33-32-,42-39-,50-47+. The maximum Gasteiger partial charge on any atom is 0.306 e. The number of nitrogens with one attached hydrogen (secondary N) is 1. The van der Waals surface area contributed by atoms with E-state index in [4.69, 9.17) is 14.2 Å². The number of amides is 1. The highest BCUT2D eigenvalue weighted by Crippen LogP contribution is 2.26. The van der Waals surface area contributed by atoms with Crippen LogP contribution in [-0.4, -0.2) is 99.6 Å². The SMILES string of the molecule is CC/C=C\C/C=C\C/C=C\C/C=C\C/C=C\C/C=C\CCCC(O)C(=O)NC(COC1OC(CO)C(O)C(O)C1OC(=O)CCCCCCCCCCCCCCCCC)C(O)/C=C/CCCCCCCCCCC. The lowest BCUT2D eigenvalue weighted by Crippen LogP contribution is -2.61. The second kappa shape index (κ2) is 51.6. The molecule has 1 saturated heterocycles. The van der Waals surface area contributed by atoms with Crippen LogP contribution in [0.25, 0.3) is 0 Å².